The van der Waals surface area contributed by atoms with Gasteiger partial charge in [0.25, 0.3) is 0 Å². The number of hydrogen-bond acceptors (Lipinski definition) is 3. The van der Waals surface area contributed by atoms with Crippen LogP contribution in [0.15, 0.2) is 0 Å². The summed E-state index contributed by atoms with van der Waals surface area (Å²) in [4.78, 5) is 21.8. The van der Waals surface area contributed by atoms with E-state index in [0.717, 1.165) is 6.42 Å². The van der Waals surface area contributed by atoms with Crippen molar-refractivity contribution in [3.8, 4) is 0 Å². The van der Waals surface area contributed by atoms with Crippen molar-refractivity contribution in [3.63, 3.8) is 0 Å². The molecule has 5 heteroatoms. The van der Waals surface area contributed by atoms with Gasteiger partial charge in [-0.15, -0.1) is 0 Å². The van der Waals surface area contributed by atoms with Crippen LogP contribution in [0.1, 0.15) is 20.3 Å². The summed E-state index contributed by atoms with van der Waals surface area (Å²) < 4.78 is 0. The molecule has 0 fully saturated rings. The Morgan fingerprint density at radius 1 is 1.31 bits per heavy atom. The second-order valence-corrected chi connectivity index (χ2v) is 2.81. The fourth-order valence-electron chi connectivity index (χ4n) is 0.639. The van der Waals surface area contributed by atoms with Crippen LogP contribution >= 0.6 is 0 Å². The maximum Gasteiger partial charge on any atom is 0.309 e. The molecule has 1 atom stereocenters. The summed E-state index contributed by atoms with van der Waals surface area (Å²) in [6.45, 7) is 4.01. The zero-order chi connectivity index (χ0) is 10.3. The Bertz CT molecular complexity index is 180. The van der Waals surface area contributed by atoms with E-state index in [9.17, 15) is 9.59 Å². The topological polar surface area (TPSA) is 78.4 Å². The second kappa shape index (κ2) is 6.42. The fourth-order valence-corrected chi connectivity index (χ4v) is 0.639. The monoisotopic (exact) mass is 188 g/mol. The Morgan fingerprint density at radius 3 is 2.31 bits per heavy atom. The lowest BCUT2D eigenvalue weighted by molar-refractivity contribution is -0.139. The number of rotatable bonds is 4. The number of nitrogens with one attached hydrogen (secondary N) is 2. The zero-order valence-corrected chi connectivity index (χ0v) is 7.96. The van der Waals surface area contributed by atoms with Crippen LogP contribution in [-0.4, -0.2) is 36.1 Å². The van der Waals surface area contributed by atoms with Crippen molar-refractivity contribution in [2.45, 2.75) is 26.4 Å². The predicted octanol–water partition coefficient (Wildman–Crippen LogP) is -0.990. The molecule has 0 spiro atoms. The van der Waals surface area contributed by atoms with Gasteiger partial charge in [-0.2, -0.15) is 0 Å². The van der Waals surface area contributed by atoms with Crippen LogP contribution < -0.4 is 10.6 Å². The molecule has 0 radical (unpaired) electrons. The minimum Gasteiger partial charge on any atom is -0.392 e. The molecule has 0 heterocycles. The van der Waals surface area contributed by atoms with E-state index in [1.165, 1.54) is 6.92 Å². The van der Waals surface area contributed by atoms with Gasteiger partial charge >= 0.3 is 11.8 Å². The molecule has 0 unspecified atom stereocenters. The summed E-state index contributed by atoms with van der Waals surface area (Å²) in [7, 11) is 0. The van der Waals surface area contributed by atoms with Gasteiger partial charge in [-0.3, -0.25) is 9.59 Å². The highest BCUT2D eigenvalue weighted by Crippen LogP contribution is 1.77. The van der Waals surface area contributed by atoms with Crippen LogP contribution in [0, 0.1) is 0 Å². The fraction of sp³-hybridized carbons (Fsp3) is 0.750. The van der Waals surface area contributed by atoms with Crippen LogP contribution in [0.5, 0.6) is 0 Å². The molecule has 2 amide bonds. The van der Waals surface area contributed by atoms with Gasteiger partial charge < -0.3 is 15.7 Å². The molecule has 0 aromatic carbocycles. The van der Waals surface area contributed by atoms with Crippen LogP contribution in [0.25, 0.3) is 0 Å². The molecule has 0 aromatic heterocycles. The molecule has 13 heavy (non-hydrogen) atoms. The van der Waals surface area contributed by atoms with E-state index in [1.807, 2.05) is 6.92 Å². The van der Waals surface area contributed by atoms with Gasteiger partial charge in [0.2, 0.25) is 0 Å². The van der Waals surface area contributed by atoms with Crippen molar-refractivity contribution in [3.05, 3.63) is 0 Å². The van der Waals surface area contributed by atoms with Gasteiger partial charge in [-0.25, -0.2) is 0 Å². The third kappa shape index (κ3) is 6.10. The molecule has 0 aliphatic carbocycles. The van der Waals surface area contributed by atoms with Crippen molar-refractivity contribution >= 4 is 11.8 Å². The average Bonchev–Trinajstić information content (AvgIpc) is 2.10. The smallest absolute Gasteiger partial charge is 0.309 e. The second-order valence-electron chi connectivity index (χ2n) is 2.81. The summed E-state index contributed by atoms with van der Waals surface area (Å²) in [6.07, 6.45) is 0.151. The van der Waals surface area contributed by atoms with E-state index in [-0.39, 0.29) is 6.54 Å². The van der Waals surface area contributed by atoms with Crippen LogP contribution in [0.2, 0.25) is 0 Å². The van der Waals surface area contributed by atoms with Gasteiger partial charge in [0, 0.05) is 13.1 Å². The summed E-state index contributed by atoms with van der Waals surface area (Å²) in [5.41, 5.74) is 0. The quantitative estimate of drug-likeness (QED) is 0.496. The standard InChI is InChI=1S/C8H16N2O3/c1-3-4-9-7(12)8(13)10-5-6(2)11/h6,11H,3-5H2,1-2H3,(H,9,12)(H,10,13)/t6-/m0/s1. The molecule has 5 nitrogen and oxygen atoms in total. The highest BCUT2D eigenvalue weighted by Gasteiger charge is 2.11. The Balaban J connectivity index is 3.64. The van der Waals surface area contributed by atoms with Crippen molar-refractivity contribution < 1.29 is 14.7 Å². The molecular formula is C8H16N2O3. The molecule has 76 valence electrons. The molecule has 0 aliphatic rings. The number of carbonyl (C=O) groups is 2. The molecule has 0 aromatic rings. The number of aliphatic hydroxyl groups excluding tert-OH is 1. The van der Waals surface area contributed by atoms with E-state index < -0.39 is 17.9 Å². The molecular weight excluding hydrogens is 172 g/mol. The Morgan fingerprint density at radius 2 is 1.85 bits per heavy atom. The summed E-state index contributed by atoms with van der Waals surface area (Å²) >= 11 is 0. The van der Waals surface area contributed by atoms with Crippen molar-refractivity contribution in [2.24, 2.45) is 0 Å². The molecule has 0 bridgehead atoms. The van der Waals surface area contributed by atoms with Crippen LogP contribution in [0.3, 0.4) is 0 Å². The number of aliphatic hydroxyl groups is 1. The molecule has 0 saturated carbocycles. The van der Waals surface area contributed by atoms with Gasteiger partial charge in [-0.05, 0) is 13.3 Å². The minimum atomic E-state index is -0.700. The maximum absolute atomic E-state index is 10.9. The first-order valence-electron chi connectivity index (χ1n) is 4.32. The lowest BCUT2D eigenvalue weighted by Crippen LogP contribution is -2.42. The van der Waals surface area contributed by atoms with E-state index >= 15 is 0 Å². The molecule has 0 aliphatic heterocycles. The number of amides is 2. The van der Waals surface area contributed by atoms with Crippen molar-refractivity contribution in [1.29, 1.82) is 0 Å². The lowest BCUT2D eigenvalue weighted by atomic mass is 10.4. The lowest BCUT2D eigenvalue weighted by Gasteiger charge is -2.06. The Kier molecular flexibility index (Phi) is 5.88. The Labute approximate surface area is 77.5 Å². The highest BCUT2D eigenvalue weighted by molar-refractivity contribution is 6.35. The van der Waals surface area contributed by atoms with Crippen molar-refractivity contribution in [2.75, 3.05) is 13.1 Å². The van der Waals surface area contributed by atoms with Crippen LogP contribution in [0.4, 0.5) is 0 Å². The Hall–Kier alpha value is -1.10. The van der Waals surface area contributed by atoms with Gasteiger partial charge in [0.15, 0.2) is 0 Å². The minimum absolute atomic E-state index is 0.0956. The normalized spacial score (nSPS) is 11.9. The van der Waals surface area contributed by atoms with Crippen LogP contribution in [-0.2, 0) is 9.59 Å². The van der Waals surface area contributed by atoms with E-state index in [4.69, 9.17) is 5.11 Å². The highest BCUT2D eigenvalue weighted by atomic mass is 16.3. The largest absolute Gasteiger partial charge is 0.392 e. The van der Waals surface area contributed by atoms with E-state index in [2.05, 4.69) is 10.6 Å². The molecule has 3 N–H and O–H groups in total. The van der Waals surface area contributed by atoms with Gasteiger partial charge in [-0.1, -0.05) is 6.92 Å². The van der Waals surface area contributed by atoms with Crippen molar-refractivity contribution in [1.82, 2.24) is 10.6 Å². The van der Waals surface area contributed by atoms with Gasteiger partial charge in [0.05, 0.1) is 6.10 Å². The SMILES string of the molecule is CCCNC(=O)C(=O)NC[C@H](C)O. The maximum atomic E-state index is 10.9. The third-order valence-corrected chi connectivity index (χ3v) is 1.30. The summed E-state index contributed by atoms with van der Waals surface area (Å²) in [6, 6.07) is 0. The van der Waals surface area contributed by atoms with Gasteiger partial charge in [0.1, 0.15) is 0 Å². The average molecular weight is 188 g/mol. The number of hydrogen-bond donors (Lipinski definition) is 3. The summed E-state index contributed by atoms with van der Waals surface area (Å²) in [5.74, 6) is -1.35. The first-order valence-corrected chi connectivity index (χ1v) is 4.32. The first kappa shape index (κ1) is 11.9. The zero-order valence-electron chi connectivity index (χ0n) is 7.96. The molecule has 0 rings (SSSR count). The number of carbonyl (C=O) groups excluding carboxylic acids is 2. The van der Waals surface area contributed by atoms with E-state index in [0.29, 0.717) is 6.54 Å². The third-order valence-electron chi connectivity index (χ3n) is 1.30. The van der Waals surface area contributed by atoms with E-state index in [1.54, 1.807) is 0 Å². The predicted molar refractivity (Wildman–Crippen MR) is 48.0 cm³/mol. The molecule has 0 saturated heterocycles. The summed E-state index contributed by atoms with van der Waals surface area (Å²) in [5, 5.41) is 13.5. The first-order chi connectivity index (χ1) is 6.07.